The Kier molecular flexibility index (Phi) is 6.71. The second-order valence-electron chi connectivity index (χ2n) is 13.2. The van der Waals surface area contributed by atoms with E-state index in [4.69, 9.17) is 0 Å². The van der Waals surface area contributed by atoms with E-state index in [2.05, 4.69) is 53.7 Å². The highest BCUT2D eigenvalue weighted by Gasteiger charge is 2.67. The zero-order valence-electron chi connectivity index (χ0n) is 21.6. The predicted molar refractivity (Wildman–Crippen MR) is 131 cm³/mol. The van der Waals surface area contributed by atoms with E-state index in [0.717, 1.165) is 19.3 Å². The summed E-state index contributed by atoms with van der Waals surface area (Å²) >= 11 is 0. The fourth-order valence-corrected chi connectivity index (χ4v) is 9.45. The maximum atomic E-state index is 11.6. The Labute approximate surface area is 197 Å². The molecule has 4 rings (SSSR count). The second kappa shape index (κ2) is 8.68. The first-order valence-corrected chi connectivity index (χ1v) is 13.7. The molecule has 0 saturated heterocycles. The van der Waals surface area contributed by atoms with Gasteiger partial charge in [0.25, 0.3) is 0 Å². The van der Waals surface area contributed by atoms with Crippen LogP contribution in [-0.4, -0.2) is 33.1 Å². The van der Waals surface area contributed by atoms with Crippen molar-refractivity contribution in [3.05, 3.63) is 12.2 Å². The molecule has 0 unspecified atom stereocenters. The van der Waals surface area contributed by atoms with Crippen LogP contribution in [0.3, 0.4) is 0 Å². The summed E-state index contributed by atoms with van der Waals surface area (Å²) in [6, 6.07) is 0. The quantitative estimate of drug-likeness (QED) is 0.456. The molecule has 3 N–H and O–H groups in total. The van der Waals surface area contributed by atoms with E-state index in [1.165, 1.54) is 25.7 Å². The normalized spacial score (nSPS) is 50.7. The first-order valence-electron chi connectivity index (χ1n) is 13.7. The Morgan fingerprint density at radius 3 is 2.31 bits per heavy atom. The average molecular weight is 447 g/mol. The molecule has 4 aliphatic carbocycles. The van der Waals surface area contributed by atoms with Crippen LogP contribution in [0.2, 0.25) is 0 Å². The minimum Gasteiger partial charge on any atom is -0.393 e. The van der Waals surface area contributed by atoms with Crippen LogP contribution < -0.4 is 0 Å². The van der Waals surface area contributed by atoms with Gasteiger partial charge in [-0.2, -0.15) is 0 Å². The molecule has 0 heterocycles. The van der Waals surface area contributed by atoms with E-state index >= 15 is 0 Å². The Bertz CT molecular complexity index is 703. The Morgan fingerprint density at radius 2 is 1.66 bits per heavy atom. The molecule has 0 aromatic carbocycles. The molecule has 0 aromatic rings. The fourth-order valence-electron chi connectivity index (χ4n) is 9.45. The summed E-state index contributed by atoms with van der Waals surface area (Å²) in [6.07, 6.45) is 12.7. The van der Waals surface area contributed by atoms with Crippen molar-refractivity contribution in [2.75, 3.05) is 0 Å². The van der Waals surface area contributed by atoms with Gasteiger partial charge in [-0.3, -0.25) is 0 Å². The lowest BCUT2D eigenvalue weighted by Gasteiger charge is -2.65. The SMILES string of the molecule is CC[C@H](/C=C/[C@@H](C)[C@H]1CC[C@H]2[C@@H]3C[C@@H](O)[C@@]4(O)C[C@@H](O)CC[C@]4(C)[C@H]3CC[C@]12C)C(C)C. The van der Waals surface area contributed by atoms with E-state index in [1.807, 2.05) is 0 Å². The molecule has 4 aliphatic rings. The third-order valence-corrected chi connectivity index (χ3v) is 11.5. The predicted octanol–water partition coefficient (Wildman–Crippen LogP) is 5.97. The van der Waals surface area contributed by atoms with Gasteiger partial charge in [0.05, 0.1) is 17.8 Å². The summed E-state index contributed by atoms with van der Waals surface area (Å²) in [7, 11) is 0. The van der Waals surface area contributed by atoms with E-state index in [1.54, 1.807) is 0 Å². The molecule has 11 atom stereocenters. The van der Waals surface area contributed by atoms with Crippen LogP contribution in [0, 0.1) is 52.3 Å². The number of aliphatic hydroxyl groups is 3. The maximum absolute atomic E-state index is 11.6. The summed E-state index contributed by atoms with van der Waals surface area (Å²) in [5.74, 6) is 4.31. The van der Waals surface area contributed by atoms with Gasteiger partial charge in [-0.25, -0.2) is 0 Å². The summed E-state index contributed by atoms with van der Waals surface area (Å²) in [6.45, 7) is 14.2. The lowest BCUT2D eigenvalue weighted by Crippen LogP contribution is -2.68. The molecule has 0 bridgehead atoms. The van der Waals surface area contributed by atoms with Crippen LogP contribution in [0.1, 0.15) is 99.3 Å². The average Bonchev–Trinajstić information content (AvgIpc) is 3.08. The van der Waals surface area contributed by atoms with Gasteiger partial charge in [0.15, 0.2) is 0 Å². The van der Waals surface area contributed by atoms with Gasteiger partial charge in [0.1, 0.15) is 0 Å². The molecule has 3 heteroatoms. The summed E-state index contributed by atoms with van der Waals surface area (Å²) in [4.78, 5) is 0. The minimum absolute atomic E-state index is 0.273. The molecule has 0 aliphatic heterocycles. The zero-order valence-corrected chi connectivity index (χ0v) is 21.6. The highest BCUT2D eigenvalue weighted by atomic mass is 16.3. The first-order chi connectivity index (χ1) is 15.0. The molecular formula is C29H50O3. The van der Waals surface area contributed by atoms with Gasteiger partial charge in [-0.15, -0.1) is 0 Å². The van der Waals surface area contributed by atoms with Crippen molar-refractivity contribution in [1.29, 1.82) is 0 Å². The lowest BCUT2D eigenvalue weighted by molar-refractivity contribution is -0.264. The van der Waals surface area contributed by atoms with Crippen LogP contribution in [0.25, 0.3) is 0 Å². The first kappa shape index (κ1) is 24.7. The number of rotatable bonds is 5. The van der Waals surface area contributed by atoms with Crippen LogP contribution in [0.4, 0.5) is 0 Å². The van der Waals surface area contributed by atoms with Crippen molar-refractivity contribution in [2.45, 2.75) is 117 Å². The third kappa shape index (κ3) is 3.64. The highest BCUT2D eigenvalue weighted by Crippen LogP contribution is 2.69. The lowest BCUT2D eigenvalue weighted by atomic mass is 9.42. The molecule has 0 spiro atoms. The van der Waals surface area contributed by atoms with Gasteiger partial charge in [-0.05, 0) is 98.2 Å². The van der Waals surface area contributed by atoms with Gasteiger partial charge < -0.3 is 15.3 Å². The summed E-state index contributed by atoms with van der Waals surface area (Å²) in [5.41, 5.74) is -1.06. The second-order valence-corrected chi connectivity index (χ2v) is 13.2. The van der Waals surface area contributed by atoms with Gasteiger partial charge in [0.2, 0.25) is 0 Å². The number of hydrogen-bond acceptors (Lipinski definition) is 3. The monoisotopic (exact) mass is 446 g/mol. The van der Waals surface area contributed by atoms with Crippen LogP contribution >= 0.6 is 0 Å². The van der Waals surface area contributed by atoms with Crippen LogP contribution in [0.15, 0.2) is 12.2 Å². The molecule has 0 amide bonds. The molecule has 0 aromatic heterocycles. The highest BCUT2D eigenvalue weighted by molar-refractivity contribution is 5.17. The topological polar surface area (TPSA) is 60.7 Å². The molecule has 32 heavy (non-hydrogen) atoms. The van der Waals surface area contributed by atoms with E-state index in [-0.39, 0.29) is 5.41 Å². The number of aliphatic hydroxyl groups excluding tert-OH is 2. The molecule has 4 fully saturated rings. The largest absolute Gasteiger partial charge is 0.393 e. The van der Waals surface area contributed by atoms with E-state index < -0.39 is 17.8 Å². The van der Waals surface area contributed by atoms with Crippen LogP contribution in [-0.2, 0) is 0 Å². The Morgan fingerprint density at radius 1 is 0.938 bits per heavy atom. The third-order valence-electron chi connectivity index (χ3n) is 11.5. The maximum Gasteiger partial charge on any atom is 0.0985 e. The van der Waals surface area contributed by atoms with Gasteiger partial charge in [-0.1, -0.05) is 53.7 Å². The fraction of sp³-hybridized carbons (Fsp3) is 0.931. The smallest absolute Gasteiger partial charge is 0.0985 e. The van der Waals surface area contributed by atoms with Crippen molar-refractivity contribution in [3.63, 3.8) is 0 Å². The standard InChI is InChI=1S/C29H50O3/c1-7-20(18(2)3)9-8-19(4)23-10-11-24-22-16-26(31)29(32)17-21(30)12-15-28(29,6)25(22)13-14-27(23,24)5/h8-9,18-26,30-32H,7,10-17H2,1-6H3/b9-8+/t19-,20-,21+,22+,23-,24+,25+,26-,27-,28-,29+/m1/s1. The van der Waals surface area contributed by atoms with Crippen molar-refractivity contribution < 1.29 is 15.3 Å². The number of hydrogen-bond donors (Lipinski definition) is 3. The van der Waals surface area contributed by atoms with Crippen LogP contribution in [0.5, 0.6) is 0 Å². The zero-order chi connectivity index (χ0) is 23.5. The van der Waals surface area contributed by atoms with Crippen molar-refractivity contribution in [1.82, 2.24) is 0 Å². The van der Waals surface area contributed by atoms with Crippen molar-refractivity contribution >= 4 is 0 Å². The van der Waals surface area contributed by atoms with Gasteiger partial charge in [0, 0.05) is 11.8 Å². The number of allylic oxidation sites excluding steroid dienone is 2. The summed E-state index contributed by atoms with van der Waals surface area (Å²) < 4.78 is 0. The Balaban J connectivity index is 1.56. The molecular weight excluding hydrogens is 396 g/mol. The number of fused-ring (bicyclic) bond motifs is 5. The minimum atomic E-state index is -1.13. The van der Waals surface area contributed by atoms with E-state index in [9.17, 15) is 15.3 Å². The van der Waals surface area contributed by atoms with Crippen molar-refractivity contribution in [2.24, 2.45) is 52.3 Å². The molecule has 4 saturated carbocycles. The molecule has 3 nitrogen and oxygen atoms in total. The van der Waals surface area contributed by atoms with E-state index in [0.29, 0.717) is 59.7 Å². The summed E-state index contributed by atoms with van der Waals surface area (Å²) in [5, 5.41) is 33.2. The van der Waals surface area contributed by atoms with Crippen molar-refractivity contribution in [3.8, 4) is 0 Å². The molecule has 184 valence electrons. The molecule has 0 radical (unpaired) electrons. The Hall–Kier alpha value is -0.380. The van der Waals surface area contributed by atoms with Gasteiger partial charge >= 0.3 is 0 Å².